The molecule has 0 heterocycles. The number of benzene rings is 2. The second-order valence-electron chi connectivity index (χ2n) is 4.50. The summed E-state index contributed by atoms with van der Waals surface area (Å²) in [7, 11) is 0. The molecular weight excluding hydrogens is 268 g/mol. The molecule has 0 fully saturated rings. The third kappa shape index (κ3) is 4.91. The molecule has 4 N–H and O–H groups in total. The number of hydrogen-bond acceptors (Lipinski definition) is 4. The largest absolute Gasteiger partial charge is 0.504 e. The predicted octanol–water partition coefficient (Wildman–Crippen LogP) is 3.96. The molecule has 0 spiro atoms. The number of phenols is 4. The maximum atomic E-state index is 9.37. The van der Waals surface area contributed by atoms with Crippen LogP contribution in [0.4, 0.5) is 0 Å². The summed E-state index contributed by atoms with van der Waals surface area (Å²) < 4.78 is 0. The Balaban J connectivity index is 0.00000200. The topological polar surface area (TPSA) is 80.9 Å². The van der Waals surface area contributed by atoms with Crippen LogP contribution in [0.3, 0.4) is 0 Å². The second kappa shape index (κ2) is 8.04. The lowest BCUT2D eigenvalue weighted by molar-refractivity contribution is 0.402. The van der Waals surface area contributed by atoms with E-state index in [1.165, 1.54) is 12.1 Å². The number of phenolic OH excluding ortho intramolecular Hbond substituents is 4. The van der Waals surface area contributed by atoms with Crippen molar-refractivity contribution in [3.05, 3.63) is 47.5 Å². The number of aromatic hydroxyl groups is 4. The monoisotopic (exact) mass is 292 g/mol. The average molecular weight is 292 g/mol. The van der Waals surface area contributed by atoms with E-state index in [2.05, 4.69) is 0 Å². The van der Waals surface area contributed by atoms with Crippen molar-refractivity contribution in [3.63, 3.8) is 0 Å². The summed E-state index contributed by atoms with van der Waals surface area (Å²) in [6.07, 6.45) is 2.36. The van der Waals surface area contributed by atoms with Gasteiger partial charge in [-0.1, -0.05) is 27.0 Å². The van der Waals surface area contributed by atoms with Gasteiger partial charge in [-0.25, -0.2) is 0 Å². The first-order valence-corrected chi connectivity index (χ1v) is 6.08. The van der Waals surface area contributed by atoms with Crippen LogP contribution in [0, 0.1) is 0 Å². The molecule has 21 heavy (non-hydrogen) atoms. The zero-order chi connectivity index (χ0) is 13.8. The van der Waals surface area contributed by atoms with E-state index >= 15 is 0 Å². The minimum absolute atomic E-state index is 0. The van der Waals surface area contributed by atoms with Gasteiger partial charge in [0.2, 0.25) is 0 Å². The molecule has 0 aromatic heterocycles. The normalized spacial score (nSPS) is 9.52. The van der Waals surface area contributed by atoms with Crippen LogP contribution in [-0.4, -0.2) is 20.4 Å². The Labute approximate surface area is 126 Å². The smallest absolute Gasteiger partial charge is 0.157 e. The Morgan fingerprint density at radius 3 is 1.29 bits per heavy atom. The van der Waals surface area contributed by atoms with Gasteiger partial charge in [0.05, 0.1) is 0 Å². The van der Waals surface area contributed by atoms with Crippen LogP contribution in [0.2, 0.25) is 0 Å². The first-order valence-electron chi connectivity index (χ1n) is 6.08. The Kier molecular flexibility index (Phi) is 7.14. The molecule has 0 aliphatic carbocycles. The van der Waals surface area contributed by atoms with E-state index in [0.29, 0.717) is 0 Å². The lowest BCUT2D eigenvalue weighted by Gasteiger charge is -2.05. The van der Waals surface area contributed by atoms with Gasteiger partial charge in [-0.3, -0.25) is 0 Å². The van der Waals surface area contributed by atoms with Crippen molar-refractivity contribution in [2.75, 3.05) is 0 Å². The van der Waals surface area contributed by atoms with Crippen LogP contribution in [0.15, 0.2) is 36.4 Å². The quantitative estimate of drug-likeness (QED) is 0.643. The number of aryl methyl sites for hydroxylation is 2. The van der Waals surface area contributed by atoms with Crippen LogP contribution in [0.5, 0.6) is 23.0 Å². The molecular formula is C17H24O4. The van der Waals surface area contributed by atoms with Gasteiger partial charge < -0.3 is 20.4 Å². The van der Waals surface area contributed by atoms with Gasteiger partial charge >= 0.3 is 0 Å². The van der Waals surface area contributed by atoms with E-state index in [9.17, 15) is 20.4 Å². The van der Waals surface area contributed by atoms with Gasteiger partial charge in [0, 0.05) is 0 Å². The molecule has 116 valence electrons. The van der Waals surface area contributed by atoms with Gasteiger partial charge in [-0.15, -0.1) is 0 Å². The molecule has 0 radical (unpaired) electrons. The summed E-state index contributed by atoms with van der Waals surface area (Å²) in [5.41, 5.74) is 1.89. The van der Waals surface area contributed by atoms with Crippen molar-refractivity contribution in [1.82, 2.24) is 0 Å². The first kappa shape index (κ1) is 18.6. The van der Waals surface area contributed by atoms with E-state index in [-0.39, 0.29) is 37.9 Å². The molecule has 0 amide bonds. The minimum Gasteiger partial charge on any atom is -0.504 e. The molecule has 0 saturated carbocycles. The maximum absolute atomic E-state index is 9.37. The van der Waals surface area contributed by atoms with Crippen molar-refractivity contribution in [1.29, 1.82) is 0 Å². The molecule has 0 aliphatic rings. The van der Waals surface area contributed by atoms with Gasteiger partial charge in [0.1, 0.15) is 0 Å². The molecule has 0 aliphatic heterocycles. The highest BCUT2D eigenvalue weighted by Gasteiger charge is 2.03. The SMILES string of the molecule is C.C.Oc1ccc(CCCc2ccc(O)c(O)c2)cc1O. The van der Waals surface area contributed by atoms with Crippen LogP contribution in [0.1, 0.15) is 32.4 Å². The fourth-order valence-electron chi connectivity index (χ4n) is 1.95. The molecule has 4 nitrogen and oxygen atoms in total. The Bertz CT molecular complexity index is 527. The van der Waals surface area contributed by atoms with E-state index in [1.807, 2.05) is 0 Å². The van der Waals surface area contributed by atoms with E-state index in [0.717, 1.165) is 30.4 Å². The Hall–Kier alpha value is -2.36. The summed E-state index contributed by atoms with van der Waals surface area (Å²) in [6.45, 7) is 0. The first-order chi connectivity index (χ1) is 9.06. The molecule has 0 unspecified atom stereocenters. The standard InChI is InChI=1S/C15H16O4.2CH4/c16-12-6-4-10(8-14(12)18)2-1-3-11-5-7-13(17)15(19)9-11;;/h4-9,16-19H,1-3H2;2*1H4. The lowest BCUT2D eigenvalue weighted by Crippen LogP contribution is -1.90. The van der Waals surface area contributed by atoms with Gasteiger partial charge in [-0.05, 0) is 54.7 Å². The van der Waals surface area contributed by atoms with Crippen molar-refractivity contribution >= 4 is 0 Å². The molecule has 0 bridgehead atoms. The maximum Gasteiger partial charge on any atom is 0.157 e. The summed E-state index contributed by atoms with van der Waals surface area (Å²) in [5.74, 6) is -0.459. The summed E-state index contributed by atoms with van der Waals surface area (Å²) in [5, 5.41) is 37.1. The van der Waals surface area contributed by atoms with Gasteiger partial charge in [0.15, 0.2) is 23.0 Å². The number of rotatable bonds is 4. The molecule has 4 heteroatoms. The van der Waals surface area contributed by atoms with Gasteiger partial charge in [0.25, 0.3) is 0 Å². The molecule has 0 atom stereocenters. The molecule has 2 rings (SSSR count). The second-order valence-corrected chi connectivity index (χ2v) is 4.50. The third-order valence-electron chi connectivity index (χ3n) is 3.01. The molecule has 0 saturated heterocycles. The van der Waals surface area contributed by atoms with Crippen molar-refractivity contribution in [2.24, 2.45) is 0 Å². The fraction of sp³-hybridized carbons (Fsp3) is 0.294. The van der Waals surface area contributed by atoms with E-state index in [4.69, 9.17) is 0 Å². The van der Waals surface area contributed by atoms with E-state index < -0.39 is 0 Å². The van der Waals surface area contributed by atoms with Crippen LogP contribution in [0.25, 0.3) is 0 Å². The Morgan fingerprint density at radius 1 is 0.571 bits per heavy atom. The van der Waals surface area contributed by atoms with Crippen molar-refractivity contribution in [2.45, 2.75) is 34.1 Å². The van der Waals surface area contributed by atoms with Crippen molar-refractivity contribution < 1.29 is 20.4 Å². The van der Waals surface area contributed by atoms with Gasteiger partial charge in [-0.2, -0.15) is 0 Å². The zero-order valence-electron chi connectivity index (χ0n) is 10.4. The van der Waals surface area contributed by atoms with Crippen LogP contribution < -0.4 is 0 Å². The zero-order valence-corrected chi connectivity index (χ0v) is 10.4. The molecule has 2 aromatic rings. The van der Waals surface area contributed by atoms with Crippen molar-refractivity contribution in [3.8, 4) is 23.0 Å². The summed E-state index contributed by atoms with van der Waals surface area (Å²) in [6, 6.07) is 9.56. The average Bonchev–Trinajstić information content (AvgIpc) is 2.38. The summed E-state index contributed by atoms with van der Waals surface area (Å²) in [4.78, 5) is 0. The highest BCUT2D eigenvalue weighted by atomic mass is 16.3. The van der Waals surface area contributed by atoms with Crippen LogP contribution in [-0.2, 0) is 12.8 Å². The highest BCUT2D eigenvalue weighted by molar-refractivity contribution is 5.41. The van der Waals surface area contributed by atoms with E-state index in [1.54, 1.807) is 24.3 Å². The minimum atomic E-state index is -0.118. The highest BCUT2D eigenvalue weighted by Crippen LogP contribution is 2.27. The molecule has 2 aromatic carbocycles. The van der Waals surface area contributed by atoms with Crippen LogP contribution >= 0.6 is 0 Å². The Morgan fingerprint density at radius 2 is 0.952 bits per heavy atom. The number of hydrogen-bond donors (Lipinski definition) is 4. The third-order valence-corrected chi connectivity index (χ3v) is 3.01. The summed E-state index contributed by atoms with van der Waals surface area (Å²) >= 11 is 0. The predicted molar refractivity (Wildman–Crippen MR) is 85.0 cm³/mol. The lowest BCUT2D eigenvalue weighted by atomic mass is 10.0. The fourth-order valence-corrected chi connectivity index (χ4v) is 1.95.